The Morgan fingerprint density at radius 2 is 1.79 bits per heavy atom. The molecule has 0 bridgehead atoms. The molecule has 0 unspecified atom stereocenters. The Kier molecular flexibility index (Phi) is 6.30. The molecule has 0 saturated carbocycles. The highest BCUT2D eigenvalue weighted by molar-refractivity contribution is 7.89. The lowest BCUT2D eigenvalue weighted by Gasteiger charge is -2.25. The molecule has 1 aliphatic heterocycles. The Morgan fingerprint density at radius 3 is 2.47 bits per heavy atom. The van der Waals surface area contributed by atoms with E-state index in [9.17, 15) is 26.4 Å². The molecule has 0 aliphatic carbocycles. The number of rotatable bonds is 5. The number of nitrogens with one attached hydrogen (secondary N) is 1. The average Bonchev–Trinajstić information content (AvgIpc) is 3.36. The summed E-state index contributed by atoms with van der Waals surface area (Å²) in [5.74, 6) is -0.459. The summed E-state index contributed by atoms with van der Waals surface area (Å²) in [6.07, 6.45) is -0.584. The SMILES string of the molecule is Cc1cc(NC(=O)c2cc(S(=O)(=O)N3CCCCC3)cn2C)n(-c2cccc(C(F)(F)F)c2)n1. The van der Waals surface area contributed by atoms with Gasteiger partial charge in [0.25, 0.3) is 5.91 Å². The zero-order valence-electron chi connectivity index (χ0n) is 18.6. The van der Waals surface area contributed by atoms with Gasteiger partial charge in [-0.15, -0.1) is 0 Å². The summed E-state index contributed by atoms with van der Waals surface area (Å²) in [6, 6.07) is 7.42. The molecular weight excluding hydrogens is 471 g/mol. The molecule has 3 heterocycles. The van der Waals surface area contributed by atoms with Crippen LogP contribution in [0.5, 0.6) is 0 Å². The van der Waals surface area contributed by atoms with E-state index in [4.69, 9.17) is 0 Å². The predicted molar refractivity (Wildman–Crippen MR) is 119 cm³/mol. The summed E-state index contributed by atoms with van der Waals surface area (Å²) in [5.41, 5.74) is -0.151. The number of piperidine rings is 1. The number of anilines is 1. The van der Waals surface area contributed by atoms with Crippen molar-refractivity contribution in [2.75, 3.05) is 18.4 Å². The minimum atomic E-state index is -4.53. The number of alkyl halides is 3. The van der Waals surface area contributed by atoms with Gasteiger partial charge in [0, 0.05) is 32.4 Å². The van der Waals surface area contributed by atoms with Gasteiger partial charge in [0.15, 0.2) is 0 Å². The van der Waals surface area contributed by atoms with Crippen LogP contribution in [-0.2, 0) is 23.2 Å². The molecule has 1 fully saturated rings. The lowest BCUT2D eigenvalue weighted by Crippen LogP contribution is -2.35. The number of amides is 1. The number of sulfonamides is 1. The van der Waals surface area contributed by atoms with Gasteiger partial charge in [-0.05, 0) is 44.0 Å². The van der Waals surface area contributed by atoms with Crippen molar-refractivity contribution in [1.82, 2.24) is 18.7 Å². The van der Waals surface area contributed by atoms with E-state index in [1.54, 1.807) is 14.0 Å². The fourth-order valence-electron chi connectivity index (χ4n) is 3.94. The molecule has 1 N–H and O–H groups in total. The molecule has 4 rings (SSSR count). The number of aryl methyl sites for hydroxylation is 2. The van der Waals surface area contributed by atoms with Crippen molar-refractivity contribution in [2.24, 2.45) is 7.05 Å². The van der Waals surface area contributed by atoms with E-state index in [1.165, 1.54) is 44.0 Å². The molecule has 0 radical (unpaired) electrons. The molecule has 1 amide bonds. The Balaban J connectivity index is 1.62. The van der Waals surface area contributed by atoms with E-state index in [2.05, 4.69) is 10.4 Å². The topological polar surface area (TPSA) is 89.2 Å². The van der Waals surface area contributed by atoms with E-state index in [-0.39, 0.29) is 22.1 Å². The number of nitrogens with zero attached hydrogens (tertiary/aromatic N) is 4. The van der Waals surface area contributed by atoms with Crippen LogP contribution >= 0.6 is 0 Å². The summed E-state index contributed by atoms with van der Waals surface area (Å²) in [5, 5.41) is 6.84. The van der Waals surface area contributed by atoms with Gasteiger partial charge in [-0.25, -0.2) is 13.1 Å². The highest BCUT2D eigenvalue weighted by Crippen LogP contribution is 2.31. The van der Waals surface area contributed by atoms with Crippen molar-refractivity contribution in [3.05, 3.63) is 59.5 Å². The van der Waals surface area contributed by atoms with Gasteiger partial charge in [-0.1, -0.05) is 12.5 Å². The number of carbonyl (C=O) groups is 1. The second-order valence-electron chi connectivity index (χ2n) is 8.22. The van der Waals surface area contributed by atoms with Crippen molar-refractivity contribution in [3.63, 3.8) is 0 Å². The Labute approximate surface area is 195 Å². The van der Waals surface area contributed by atoms with Crippen molar-refractivity contribution in [2.45, 2.75) is 37.3 Å². The normalized spacial score (nSPS) is 15.4. The Hall–Kier alpha value is -3.12. The van der Waals surface area contributed by atoms with Gasteiger partial charge in [0.1, 0.15) is 16.4 Å². The van der Waals surface area contributed by atoms with Gasteiger partial charge in [-0.2, -0.15) is 22.6 Å². The summed E-state index contributed by atoms with van der Waals surface area (Å²) >= 11 is 0. The Bertz CT molecular complexity index is 1320. The highest BCUT2D eigenvalue weighted by Gasteiger charge is 2.31. The summed E-state index contributed by atoms with van der Waals surface area (Å²) in [7, 11) is -2.17. The third kappa shape index (κ3) is 4.73. The van der Waals surface area contributed by atoms with Gasteiger partial charge in [0.2, 0.25) is 10.0 Å². The number of halogens is 3. The van der Waals surface area contributed by atoms with Crippen molar-refractivity contribution < 1.29 is 26.4 Å². The molecule has 1 aliphatic rings. The third-order valence-corrected chi connectivity index (χ3v) is 7.52. The molecule has 8 nitrogen and oxygen atoms in total. The average molecular weight is 496 g/mol. The summed E-state index contributed by atoms with van der Waals surface area (Å²) < 4.78 is 69.4. The third-order valence-electron chi connectivity index (χ3n) is 5.66. The molecule has 0 spiro atoms. The standard InChI is InChI=1S/C22H24F3N5O3S/c1-15-11-20(30(27-15)17-8-6-7-16(12-17)22(23,24)25)26-21(31)19-13-18(14-28(19)2)34(32,33)29-9-4-3-5-10-29/h6-8,11-14H,3-5,9-10H2,1-2H3,(H,26,31). The molecule has 1 saturated heterocycles. The summed E-state index contributed by atoms with van der Waals surface area (Å²) in [4.78, 5) is 13.0. The fraction of sp³-hybridized carbons (Fsp3) is 0.364. The van der Waals surface area contributed by atoms with Gasteiger partial charge >= 0.3 is 6.18 Å². The zero-order valence-corrected chi connectivity index (χ0v) is 19.4. The van der Waals surface area contributed by atoms with Crippen LogP contribution in [-0.4, -0.2) is 46.1 Å². The number of hydrogen-bond acceptors (Lipinski definition) is 4. The van der Waals surface area contributed by atoms with Crippen LogP contribution in [0.3, 0.4) is 0 Å². The van der Waals surface area contributed by atoms with Crippen LogP contribution in [0.1, 0.15) is 41.0 Å². The number of benzene rings is 1. The maximum absolute atomic E-state index is 13.1. The second-order valence-corrected chi connectivity index (χ2v) is 10.2. The second kappa shape index (κ2) is 8.91. The zero-order chi connectivity index (χ0) is 24.7. The molecule has 3 aromatic rings. The van der Waals surface area contributed by atoms with Crippen LogP contribution in [0, 0.1) is 6.92 Å². The van der Waals surface area contributed by atoms with Crippen LogP contribution in [0.2, 0.25) is 0 Å². The first-order valence-electron chi connectivity index (χ1n) is 10.7. The van der Waals surface area contributed by atoms with Gasteiger partial charge in [0.05, 0.1) is 16.9 Å². The predicted octanol–water partition coefficient (Wildman–Crippen LogP) is 3.96. The van der Waals surface area contributed by atoms with Gasteiger partial charge in [-0.3, -0.25) is 4.79 Å². The number of aromatic nitrogens is 3. The van der Waals surface area contributed by atoms with E-state index in [1.807, 2.05) is 0 Å². The first-order valence-corrected chi connectivity index (χ1v) is 12.1. The smallest absolute Gasteiger partial charge is 0.345 e. The minimum absolute atomic E-state index is 0.0182. The fourth-order valence-corrected chi connectivity index (χ4v) is 5.52. The lowest BCUT2D eigenvalue weighted by molar-refractivity contribution is -0.137. The van der Waals surface area contributed by atoms with Crippen LogP contribution < -0.4 is 5.32 Å². The first kappa shape index (κ1) is 24.0. The van der Waals surface area contributed by atoms with Crippen molar-refractivity contribution >= 4 is 21.7 Å². The monoisotopic (exact) mass is 495 g/mol. The van der Waals surface area contributed by atoms with Crippen LogP contribution in [0.15, 0.2) is 47.5 Å². The van der Waals surface area contributed by atoms with E-state index >= 15 is 0 Å². The maximum atomic E-state index is 13.1. The van der Waals surface area contributed by atoms with Crippen molar-refractivity contribution in [3.8, 4) is 5.69 Å². The largest absolute Gasteiger partial charge is 0.416 e. The molecule has 34 heavy (non-hydrogen) atoms. The first-order chi connectivity index (χ1) is 16.0. The Morgan fingerprint density at radius 1 is 1.09 bits per heavy atom. The van der Waals surface area contributed by atoms with E-state index in [0.717, 1.165) is 31.4 Å². The van der Waals surface area contributed by atoms with Crippen LogP contribution in [0.25, 0.3) is 5.69 Å². The quantitative estimate of drug-likeness (QED) is 0.580. The number of carbonyl (C=O) groups excluding carboxylic acids is 1. The molecular formula is C22H24F3N5O3S. The molecule has 0 atom stereocenters. The molecule has 1 aromatic carbocycles. The minimum Gasteiger partial charge on any atom is -0.345 e. The molecule has 12 heteroatoms. The highest BCUT2D eigenvalue weighted by atomic mass is 32.2. The molecule has 2 aromatic heterocycles. The van der Waals surface area contributed by atoms with Crippen LogP contribution in [0.4, 0.5) is 19.0 Å². The summed E-state index contributed by atoms with van der Waals surface area (Å²) in [6.45, 7) is 2.52. The molecule has 182 valence electrons. The van der Waals surface area contributed by atoms with E-state index < -0.39 is 27.7 Å². The van der Waals surface area contributed by atoms with Crippen molar-refractivity contribution in [1.29, 1.82) is 0 Å². The number of hydrogen-bond donors (Lipinski definition) is 1. The maximum Gasteiger partial charge on any atom is 0.416 e. The lowest BCUT2D eigenvalue weighted by atomic mass is 10.2. The van der Waals surface area contributed by atoms with Gasteiger partial charge < -0.3 is 9.88 Å². The van der Waals surface area contributed by atoms with E-state index in [0.29, 0.717) is 18.8 Å².